The lowest BCUT2D eigenvalue weighted by Crippen LogP contribution is -2.42. The molecular formula is C28H36N6O5. The molecule has 39 heavy (non-hydrogen) atoms. The van der Waals surface area contributed by atoms with E-state index >= 15 is 0 Å². The summed E-state index contributed by atoms with van der Waals surface area (Å²) < 4.78 is 10.00. The molecule has 1 unspecified atom stereocenters. The highest BCUT2D eigenvalue weighted by atomic mass is 16.5. The van der Waals surface area contributed by atoms with Gasteiger partial charge in [-0.25, -0.2) is 9.78 Å². The highest BCUT2D eigenvalue weighted by Crippen LogP contribution is 2.30. The van der Waals surface area contributed by atoms with Crippen LogP contribution in [-0.4, -0.2) is 52.1 Å². The lowest BCUT2D eigenvalue weighted by Gasteiger charge is -2.19. The van der Waals surface area contributed by atoms with E-state index in [0.717, 1.165) is 23.1 Å². The standard InChI is InChI=1S/C28H36N6O5/c1-5-17(14-20-15-31-25-23(16(20)4)24(29)33-28(30)34-25)18-8-10-19(11-9-18)26(36)32-21(27(37)39-7-3)12-13-22(35)38-6-2/h8-11,15,17,21H,5-7,12-14H2,1-4H3,(H,32,36)(H4,29,30,31,33,34)/t17?,21-/m1/s1. The molecule has 3 rings (SSSR count). The molecule has 0 bridgehead atoms. The molecule has 0 fully saturated rings. The second-order valence-corrected chi connectivity index (χ2v) is 9.13. The average molecular weight is 537 g/mol. The summed E-state index contributed by atoms with van der Waals surface area (Å²) in [5, 5.41) is 3.39. The number of hydrogen-bond acceptors (Lipinski definition) is 10. The Balaban J connectivity index is 1.74. The van der Waals surface area contributed by atoms with Crippen LogP contribution in [0.2, 0.25) is 0 Å². The van der Waals surface area contributed by atoms with Crippen LogP contribution < -0.4 is 16.8 Å². The Kier molecular flexibility index (Phi) is 10.1. The fourth-order valence-electron chi connectivity index (χ4n) is 4.44. The third kappa shape index (κ3) is 7.40. The Labute approximate surface area is 227 Å². The lowest BCUT2D eigenvalue weighted by atomic mass is 9.88. The molecule has 1 amide bonds. The Bertz CT molecular complexity index is 1330. The van der Waals surface area contributed by atoms with Crippen LogP contribution in [0.3, 0.4) is 0 Å². The SMILES string of the molecule is CCOC(=O)CC[C@@H](NC(=O)c1ccc(C(CC)Cc2cnc3nc(N)nc(N)c3c2C)cc1)C(=O)OCC. The molecule has 1 aromatic carbocycles. The zero-order chi connectivity index (χ0) is 28.5. The van der Waals surface area contributed by atoms with Crippen LogP contribution in [0.1, 0.15) is 73.0 Å². The van der Waals surface area contributed by atoms with Crippen LogP contribution in [0.4, 0.5) is 11.8 Å². The molecule has 208 valence electrons. The molecule has 2 atom stereocenters. The van der Waals surface area contributed by atoms with Crippen LogP contribution in [0.15, 0.2) is 30.5 Å². The minimum Gasteiger partial charge on any atom is -0.466 e. The lowest BCUT2D eigenvalue weighted by molar-refractivity contribution is -0.146. The van der Waals surface area contributed by atoms with E-state index in [9.17, 15) is 14.4 Å². The van der Waals surface area contributed by atoms with Crippen molar-refractivity contribution < 1.29 is 23.9 Å². The average Bonchev–Trinajstić information content (AvgIpc) is 2.90. The van der Waals surface area contributed by atoms with Gasteiger partial charge < -0.3 is 26.3 Å². The van der Waals surface area contributed by atoms with Crippen LogP contribution >= 0.6 is 0 Å². The van der Waals surface area contributed by atoms with Crippen LogP contribution in [0.25, 0.3) is 11.0 Å². The monoisotopic (exact) mass is 536 g/mol. The van der Waals surface area contributed by atoms with E-state index < -0.39 is 23.9 Å². The first kappa shape index (κ1) is 29.3. The number of hydrogen-bond donors (Lipinski definition) is 3. The number of nitrogens with zero attached hydrogens (tertiary/aromatic N) is 3. The summed E-state index contributed by atoms with van der Waals surface area (Å²) in [5.74, 6) is -0.911. The maximum absolute atomic E-state index is 12.9. The number of rotatable bonds is 12. The summed E-state index contributed by atoms with van der Waals surface area (Å²) >= 11 is 0. The number of pyridine rings is 1. The maximum Gasteiger partial charge on any atom is 0.328 e. The van der Waals surface area contributed by atoms with Gasteiger partial charge in [-0.2, -0.15) is 9.97 Å². The zero-order valence-corrected chi connectivity index (χ0v) is 22.8. The molecule has 5 N–H and O–H groups in total. The topological polar surface area (TPSA) is 172 Å². The second-order valence-electron chi connectivity index (χ2n) is 9.13. The van der Waals surface area contributed by atoms with Crippen molar-refractivity contribution in [3.05, 3.63) is 52.7 Å². The van der Waals surface area contributed by atoms with Crippen molar-refractivity contribution in [1.29, 1.82) is 0 Å². The van der Waals surface area contributed by atoms with E-state index in [-0.39, 0.29) is 37.9 Å². The second kappa shape index (κ2) is 13.5. The van der Waals surface area contributed by atoms with Crippen molar-refractivity contribution in [3.8, 4) is 0 Å². The summed E-state index contributed by atoms with van der Waals surface area (Å²) in [7, 11) is 0. The van der Waals surface area contributed by atoms with Gasteiger partial charge in [0.05, 0.1) is 18.6 Å². The van der Waals surface area contributed by atoms with Gasteiger partial charge in [-0.1, -0.05) is 19.1 Å². The van der Waals surface area contributed by atoms with Crippen molar-refractivity contribution in [1.82, 2.24) is 20.3 Å². The Hall–Kier alpha value is -4.28. The van der Waals surface area contributed by atoms with Crippen LogP contribution in [0, 0.1) is 6.92 Å². The highest BCUT2D eigenvalue weighted by molar-refractivity contribution is 5.97. The number of benzene rings is 1. The fourth-order valence-corrected chi connectivity index (χ4v) is 4.44. The number of nitrogens with one attached hydrogen (secondary N) is 1. The fraction of sp³-hybridized carbons (Fsp3) is 0.429. The van der Waals surface area contributed by atoms with Crippen molar-refractivity contribution in [2.75, 3.05) is 24.7 Å². The van der Waals surface area contributed by atoms with Crippen LogP contribution in [-0.2, 0) is 25.5 Å². The number of amides is 1. The number of esters is 2. The number of fused-ring (bicyclic) bond motifs is 1. The van der Waals surface area contributed by atoms with E-state index in [1.807, 2.05) is 19.1 Å². The minimum absolute atomic E-state index is 0.0110. The molecule has 3 aromatic rings. The molecule has 2 heterocycles. The number of nitrogens with two attached hydrogens (primary N) is 2. The van der Waals surface area contributed by atoms with Gasteiger partial charge in [-0.3, -0.25) is 9.59 Å². The molecule has 0 aliphatic heterocycles. The van der Waals surface area contributed by atoms with Gasteiger partial charge in [-0.15, -0.1) is 0 Å². The minimum atomic E-state index is -0.958. The molecule has 11 nitrogen and oxygen atoms in total. The van der Waals surface area contributed by atoms with Crippen molar-refractivity contribution >= 4 is 40.6 Å². The smallest absolute Gasteiger partial charge is 0.328 e. The first-order chi connectivity index (χ1) is 18.7. The first-order valence-corrected chi connectivity index (χ1v) is 13.1. The number of nitrogen functional groups attached to an aromatic ring is 2. The van der Waals surface area contributed by atoms with Gasteiger partial charge in [0.2, 0.25) is 5.95 Å². The highest BCUT2D eigenvalue weighted by Gasteiger charge is 2.24. The third-order valence-corrected chi connectivity index (χ3v) is 6.56. The normalized spacial score (nSPS) is 12.5. The van der Waals surface area contributed by atoms with Gasteiger partial charge in [0.1, 0.15) is 11.9 Å². The summed E-state index contributed by atoms with van der Waals surface area (Å²) in [6, 6.07) is 6.30. The van der Waals surface area contributed by atoms with E-state index in [0.29, 0.717) is 28.8 Å². The Morgan fingerprint density at radius 1 is 1.00 bits per heavy atom. The number of aryl methyl sites for hydroxylation is 1. The predicted octanol–water partition coefficient (Wildman–Crippen LogP) is 3.24. The first-order valence-electron chi connectivity index (χ1n) is 13.1. The van der Waals surface area contributed by atoms with E-state index in [1.165, 1.54) is 0 Å². The van der Waals surface area contributed by atoms with Crippen LogP contribution in [0.5, 0.6) is 0 Å². The maximum atomic E-state index is 12.9. The third-order valence-electron chi connectivity index (χ3n) is 6.56. The van der Waals surface area contributed by atoms with Crippen molar-refractivity contribution in [2.45, 2.75) is 65.3 Å². The summed E-state index contributed by atoms with van der Waals surface area (Å²) in [6.45, 7) is 7.86. The number of carbonyl (C=O) groups excluding carboxylic acids is 3. The van der Waals surface area contributed by atoms with Crippen molar-refractivity contribution in [3.63, 3.8) is 0 Å². The Morgan fingerprint density at radius 3 is 2.33 bits per heavy atom. The number of ether oxygens (including phenoxy) is 2. The van der Waals surface area contributed by atoms with Gasteiger partial charge in [-0.05, 0) is 74.8 Å². The summed E-state index contributed by atoms with van der Waals surface area (Å²) in [6.07, 6.45) is 3.43. The summed E-state index contributed by atoms with van der Waals surface area (Å²) in [4.78, 5) is 49.7. The van der Waals surface area contributed by atoms with Gasteiger partial charge in [0.25, 0.3) is 5.91 Å². The van der Waals surface area contributed by atoms with E-state index in [1.54, 1.807) is 32.2 Å². The molecule has 0 radical (unpaired) electrons. The predicted molar refractivity (Wildman–Crippen MR) is 148 cm³/mol. The number of anilines is 2. The molecule has 0 spiro atoms. The van der Waals surface area contributed by atoms with Gasteiger partial charge in [0.15, 0.2) is 5.65 Å². The number of carbonyl (C=O) groups is 3. The molecular weight excluding hydrogens is 500 g/mol. The number of aromatic nitrogens is 3. The zero-order valence-electron chi connectivity index (χ0n) is 22.8. The molecule has 11 heteroatoms. The molecule has 0 saturated carbocycles. The van der Waals surface area contributed by atoms with Crippen molar-refractivity contribution in [2.24, 2.45) is 0 Å². The Morgan fingerprint density at radius 2 is 1.69 bits per heavy atom. The van der Waals surface area contributed by atoms with E-state index in [4.69, 9.17) is 20.9 Å². The van der Waals surface area contributed by atoms with Gasteiger partial charge >= 0.3 is 11.9 Å². The molecule has 2 aromatic heterocycles. The molecule has 0 aliphatic carbocycles. The van der Waals surface area contributed by atoms with Gasteiger partial charge in [0, 0.05) is 18.2 Å². The molecule has 0 aliphatic rings. The largest absolute Gasteiger partial charge is 0.466 e. The molecule has 0 saturated heterocycles. The summed E-state index contributed by atoms with van der Waals surface area (Å²) in [5.41, 5.74) is 15.7. The van der Waals surface area contributed by atoms with E-state index in [2.05, 4.69) is 27.2 Å². The quantitative estimate of drug-likeness (QED) is 0.292.